The Morgan fingerprint density at radius 1 is 1.16 bits per heavy atom. The minimum atomic E-state index is -3.32. The molecule has 25 heavy (non-hydrogen) atoms. The molecule has 2 atom stereocenters. The fraction of sp³-hybridized carbons (Fsp3) is 0.529. The van der Waals surface area contributed by atoms with Crippen molar-refractivity contribution in [2.24, 2.45) is 0 Å². The van der Waals surface area contributed by atoms with Gasteiger partial charge >= 0.3 is 0 Å². The molecule has 0 aromatic heterocycles. The lowest BCUT2D eigenvalue weighted by Gasteiger charge is -2.32. The van der Waals surface area contributed by atoms with Gasteiger partial charge in [-0.3, -0.25) is 9.59 Å². The van der Waals surface area contributed by atoms with Gasteiger partial charge in [-0.15, -0.1) is 0 Å². The molecular formula is C17H23N3O4S. The first-order chi connectivity index (χ1) is 11.8. The van der Waals surface area contributed by atoms with E-state index < -0.39 is 10.0 Å². The number of carbonyl (C=O) groups excluding carboxylic acids is 2. The lowest BCUT2D eigenvalue weighted by atomic mass is 9.90. The number of sulfonamides is 1. The molecule has 1 aromatic rings. The molecular weight excluding hydrogens is 342 g/mol. The Morgan fingerprint density at radius 3 is 2.60 bits per heavy atom. The maximum atomic E-state index is 12.6. The Bertz CT molecular complexity index is 791. The lowest BCUT2D eigenvalue weighted by molar-refractivity contribution is -0.116. The number of rotatable bonds is 4. The summed E-state index contributed by atoms with van der Waals surface area (Å²) in [5.74, 6) is -0.228. The summed E-state index contributed by atoms with van der Waals surface area (Å²) in [6, 6.07) is 4.73. The maximum absolute atomic E-state index is 12.6. The Morgan fingerprint density at radius 2 is 1.88 bits per heavy atom. The predicted octanol–water partition coefficient (Wildman–Crippen LogP) is 1.16. The molecule has 1 heterocycles. The first-order valence-electron chi connectivity index (χ1n) is 8.53. The monoisotopic (exact) mass is 365 g/mol. The van der Waals surface area contributed by atoms with E-state index in [1.807, 2.05) is 0 Å². The van der Waals surface area contributed by atoms with Gasteiger partial charge in [-0.1, -0.05) is 12.8 Å². The van der Waals surface area contributed by atoms with Crippen molar-refractivity contribution in [1.29, 1.82) is 0 Å². The first-order valence-corrected chi connectivity index (χ1v) is 10.4. The van der Waals surface area contributed by atoms with E-state index in [2.05, 4.69) is 15.4 Å². The largest absolute Gasteiger partial charge is 0.348 e. The smallest absolute Gasteiger partial charge is 0.251 e. The van der Waals surface area contributed by atoms with E-state index in [0.717, 1.165) is 36.8 Å². The van der Waals surface area contributed by atoms with Crippen LogP contribution in [0.3, 0.4) is 0 Å². The SMILES string of the molecule is CS(=O)(=O)N[C@H]1CCCC[C@@H]1NC(=O)c1ccc2c(c1)CCC(=O)N2. The second-order valence-electron chi connectivity index (χ2n) is 6.78. The number of aryl methyl sites for hydroxylation is 1. The van der Waals surface area contributed by atoms with Crippen LogP contribution in [-0.4, -0.2) is 38.6 Å². The van der Waals surface area contributed by atoms with E-state index in [0.29, 0.717) is 24.8 Å². The normalized spacial score (nSPS) is 23.5. The fourth-order valence-corrected chi connectivity index (χ4v) is 4.33. The highest BCUT2D eigenvalue weighted by Gasteiger charge is 2.29. The van der Waals surface area contributed by atoms with Gasteiger partial charge in [0, 0.05) is 29.8 Å². The minimum Gasteiger partial charge on any atom is -0.348 e. The number of amides is 2. The number of nitrogens with one attached hydrogen (secondary N) is 3. The first kappa shape index (κ1) is 17.9. The molecule has 0 saturated heterocycles. The summed E-state index contributed by atoms with van der Waals surface area (Å²) in [4.78, 5) is 24.0. The topological polar surface area (TPSA) is 104 Å². The molecule has 0 spiro atoms. The van der Waals surface area contributed by atoms with E-state index in [9.17, 15) is 18.0 Å². The molecule has 1 saturated carbocycles. The van der Waals surface area contributed by atoms with E-state index in [1.165, 1.54) is 0 Å². The van der Waals surface area contributed by atoms with Gasteiger partial charge in [-0.2, -0.15) is 0 Å². The molecule has 3 rings (SSSR count). The summed E-state index contributed by atoms with van der Waals surface area (Å²) >= 11 is 0. The Hall–Kier alpha value is -1.93. The van der Waals surface area contributed by atoms with E-state index in [-0.39, 0.29) is 23.9 Å². The second-order valence-corrected chi connectivity index (χ2v) is 8.56. The van der Waals surface area contributed by atoms with Crippen molar-refractivity contribution in [3.05, 3.63) is 29.3 Å². The molecule has 0 unspecified atom stereocenters. The van der Waals surface area contributed by atoms with E-state index in [4.69, 9.17) is 0 Å². The fourth-order valence-electron chi connectivity index (χ4n) is 3.50. The van der Waals surface area contributed by atoms with Crippen LogP contribution in [0.5, 0.6) is 0 Å². The quantitative estimate of drug-likeness (QED) is 0.745. The summed E-state index contributed by atoms with van der Waals surface area (Å²) in [5.41, 5.74) is 2.22. The Balaban J connectivity index is 1.71. The van der Waals surface area contributed by atoms with Crippen LogP contribution in [-0.2, 0) is 21.2 Å². The van der Waals surface area contributed by atoms with Crippen LogP contribution in [0.2, 0.25) is 0 Å². The molecule has 0 radical (unpaired) electrons. The minimum absolute atomic E-state index is 0.0124. The van der Waals surface area contributed by atoms with Crippen LogP contribution in [0.15, 0.2) is 18.2 Å². The summed E-state index contributed by atoms with van der Waals surface area (Å²) < 4.78 is 25.7. The Labute approximate surface area is 147 Å². The zero-order chi connectivity index (χ0) is 18.0. The molecule has 1 aliphatic carbocycles. The highest BCUT2D eigenvalue weighted by atomic mass is 32.2. The van der Waals surface area contributed by atoms with Gasteiger partial charge in [-0.05, 0) is 43.0 Å². The molecule has 136 valence electrons. The van der Waals surface area contributed by atoms with Crippen molar-refractivity contribution in [2.75, 3.05) is 11.6 Å². The van der Waals surface area contributed by atoms with Crippen molar-refractivity contribution in [1.82, 2.24) is 10.0 Å². The van der Waals surface area contributed by atoms with Gasteiger partial charge in [0.15, 0.2) is 0 Å². The van der Waals surface area contributed by atoms with Crippen molar-refractivity contribution in [3.8, 4) is 0 Å². The number of hydrogen-bond donors (Lipinski definition) is 3. The highest BCUT2D eigenvalue weighted by Crippen LogP contribution is 2.24. The highest BCUT2D eigenvalue weighted by molar-refractivity contribution is 7.88. The molecule has 3 N–H and O–H groups in total. The number of benzene rings is 1. The van der Waals surface area contributed by atoms with Gasteiger partial charge < -0.3 is 10.6 Å². The van der Waals surface area contributed by atoms with Crippen LogP contribution in [0, 0.1) is 0 Å². The third-order valence-corrected chi connectivity index (χ3v) is 5.44. The third kappa shape index (κ3) is 4.58. The second kappa shape index (κ2) is 7.13. The van der Waals surface area contributed by atoms with Crippen LogP contribution in [0.1, 0.15) is 48.0 Å². The molecule has 1 aromatic carbocycles. The molecule has 1 aliphatic heterocycles. The van der Waals surface area contributed by atoms with Crippen molar-refractivity contribution in [2.45, 2.75) is 50.6 Å². The number of carbonyl (C=O) groups is 2. The van der Waals surface area contributed by atoms with Crippen LogP contribution >= 0.6 is 0 Å². The van der Waals surface area contributed by atoms with Crippen LogP contribution < -0.4 is 15.4 Å². The van der Waals surface area contributed by atoms with Crippen LogP contribution in [0.25, 0.3) is 0 Å². The van der Waals surface area contributed by atoms with Gasteiger partial charge in [0.25, 0.3) is 5.91 Å². The number of anilines is 1. The summed E-state index contributed by atoms with van der Waals surface area (Å²) in [6.07, 6.45) is 5.54. The Kier molecular flexibility index (Phi) is 5.10. The van der Waals surface area contributed by atoms with Gasteiger partial charge in [-0.25, -0.2) is 13.1 Å². The van der Waals surface area contributed by atoms with Gasteiger partial charge in [0.05, 0.1) is 6.26 Å². The maximum Gasteiger partial charge on any atom is 0.251 e. The molecule has 8 heteroatoms. The molecule has 7 nitrogen and oxygen atoms in total. The summed E-state index contributed by atoms with van der Waals surface area (Å²) in [6.45, 7) is 0. The summed E-state index contributed by atoms with van der Waals surface area (Å²) in [7, 11) is -3.32. The number of hydrogen-bond acceptors (Lipinski definition) is 4. The van der Waals surface area contributed by atoms with Gasteiger partial charge in [0.1, 0.15) is 0 Å². The van der Waals surface area contributed by atoms with Crippen LogP contribution in [0.4, 0.5) is 5.69 Å². The standard InChI is InChI=1S/C17H23N3O4S/c1-25(23,24)20-15-5-3-2-4-14(15)19-17(22)12-6-8-13-11(10-12)7-9-16(21)18-13/h6,8,10,14-15,20H,2-5,7,9H2,1H3,(H,18,21)(H,19,22)/t14-,15-/m0/s1. The zero-order valence-electron chi connectivity index (χ0n) is 14.2. The predicted molar refractivity (Wildman–Crippen MR) is 94.9 cm³/mol. The average molecular weight is 365 g/mol. The van der Waals surface area contributed by atoms with E-state index >= 15 is 0 Å². The molecule has 2 aliphatic rings. The zero-order valence-corrected chi connectivity index (χ0v) is 15.0. The lowest BCUT2D eigenvalue weighted by Crippen LogP contribution is -2.52. The molecule has 0 bridgehead atoms. The van der Waals surface area contributed by atoms with Crippen molar-refractivity contribution >= 4 is 27.5 Å². The molecule has 1 fully saturated rings. The summed E-state index contributed by atoms with van der Waals surface area (Å²) in [5, 5.41) is 5.76. The average Bonchev–Trinajstić information content (AvgIpc) is 2.54. The third-order valence-electron chi connectivity index (χ3n) is 4.71. The number of fused-ring (bicyclic) bond motifs is 1. The van der Waals surface area contributed by atoms with Crippen molar-refractivity contribution in [3.63, 3.8) is 0 Å². The van der Waals surface area contributed by atoms with E-state index in [1.54, 1.807) is 18.2 Å². The van der Waals surface area contributed by atoms with Gasteiger partial charge in [0.2, 0.25) is 15.9 Å². The van der Waals surface area contributed by atoms with Crippen molar-refractivity contribution < 1.29 is 18.0 Å². The molecule has 2 amide bonds.